The zero-order valence-electron chi connectivity index (χ0n) is 15.2. The second-order valence-corrected chi connectivity index (χ2v) is 6.34. The molecule has 0 aliphatic carbocycles. The van der Waals surface area contributed by atoms with Crippen LogP contribution in [0.1, 0.15) is 5.76 Å². The largest absolute Gasteiger partial charge is 0.454 e. The lowest BCUT2D eigenvalue weighted by Crippen LogP contribution is -2.26. The number of hydrogen-bond donors (Lipinski definition) is 3. The highest BCUT2D eigenvalue weighted by molar-refractivity contribution is 7.80. The van der Waals surface area contributed by atoms with Gasteiger partial charge >= 0.3 is 0 Å². The molecule has 3 rings (SSSR count). The van der Waals surface area contributed by atoms with Gasteiger partial charge in [-0.25, -0.2) is 0 Å². The van der Waals surface area contributed by atoms with E-state index in [4.69, 9.17) is 22.4 Å². The Labute approximate surface area is 173 Å². The molecular weight excluding hydrogens is 412 g/mol. The van der Waals surface area contributed by atoms with Gasteiger partial charge < -0.3 is 15.5 Å². The first-order valence-electron chi connectivity index (χ1n) is 8.27. The van der Waals surface area contributed by atoms with Gasteiger partial charge in [0.2, 0.25) is 0 Å². The number of nitrogens with zero attached hydrogens (tertiary/aromatic N) is 3. The molecule has 0 aliphatic heterocycles. The monoisotopic (exact) mass is 426 g/mol. The molecule has 0 amide bonds. The van der Waals surface area contributed by atoms with E-state index in [1.165, 1.54) is 6.07 Å². The van der Waals surface area contributed by atoms with E-state index in [1.54, 1.807) is 30.3 Å². The Morgan fingerprint density at radius 3 is 2.53 bits per heavy atom. The summed E-state index contributed by atoms with van der Waals surface area (Å²) in [6.45, 7) is 3.85. The fourth-order valence-electron chi connectivity index (χ4n) is 2.59. The predicted molar refractivity (Wildman–Crippen MR) is 114 cm³/mol. The SMILES string of the molecule is C=C(Nc1ccc([N+](=O)[O-])cc1[N+](=O)[O-])c1c/c(=N\NC(N)=S)c2ccccc2o1. The van der Waals surface area contributed by atoms with Crippen molar-refractivity contribution in [1.29, 1.82) is 0 Å². The van der Waals surface area contributed by atoms with E-state index in [-0.39, 0.29) is 22.3 Å². The normalized spacial score (nSPS) is 11.1. The van der Waals surface area contributed by atoms with Crippen LogP contribution in [0.15, 0.2) is 64.6 Å². The van der Waals surface area contributed by atoms with Crippen molar-refractivity contribution in [2.75, 3.05) is 5.32 Å². The van der Waals surface area contributed by atoms with Gasteiger partial charge in [-0.2, -0.15) is 5.10 Å². The van der Waals surface area contributed by atoms with E-state index in [1.807, 2.05) is 0 Å². The first kappa shape index (κ1) is 20.4. The molecule has 0 saturated carbocycles. The average Bonchev–Trinajstić information content (AvgIpc) is 2.71. The number of rotatable bonds is 6. The van der Waals surface area contributed by atoms with Gasteiger partial charge in [0.1, 0.15) is 11.3 Å². The van der Waals surface area contributed by atoms with Crippen molar-refractivity contribution in [3.63, 3.8) is 0 Å². The van der Waals surface area contributed by atoms with Gasteiger partial charge in [-0.1, -0.05) is 18.7 Å². The smallest absolute Gasteiger partial charge is 0.299 e. The number of nitrogens with two attached hydrogens (primary N) is 1. The molecule has 1 heterocycles. The molecule has 0 saturated heterocycles. The molecule has 0 spiro atoms. The number of thiocarbonyl (C=S) groups is 1. The maximum Gasteiger partial charge on any atom is 0.299 e. The van der Waals surface area contributed by atoms with Crippen LogP contribution in [0.2, 0.25) is 0 Å². The van der Waals surface area contributed by atoms with Gasteiger partial charge in [0, 0.05) is 17.5 Å². The summed E-state index contributed by atoms with van der Waals surface area (Å²) >= 11 is 4.76. The van der Waals surface area contributed by atoms with Crippen molar-refractivity contribution in [2.24, 2.45) is 10.8 Å². The Hall–Kier alpha value is -4.32. The summed E-state index contributed by atoms with van der Waals surface area (Å²) in [5.41, 5.74) is 7.69. The minimum atomic E-state index is -0.729. The van der Waals surface area contributed by atoms with E-state index in [0.29, 0.717) is 16.3 Å². The van der Waals surface area contributed by atoms with Gasteiger partial charge in [-0.3, -0.25) is 25.7 Å². The second kappa shape index (κ2) is 8.36. The van der Waals surface area contributed by atoms with Crippen LogP contribution in [0.4, 0.5) is 17.1 Å². The van der Waals surface area contributed by atoms with Crippen LogP contribution in [0.25, 0.3) is 16.7 Å². The lowest BCUT2D eigenvalue weighted by Gasteiger charge is -2.10. The van der Waals surface area contributed by atoms with Crippen LogP contribution in [0.3, 0.4) is 0 Å². The summed E-state index contributed by atoms with van der Waals surface area (Å²) in [5, 5.41) is 30.2. The third kappa shape index (κ3) is 4.39. The maximum atomic E-state index is 11.3. The molecule has 0 unspecified atom stereocenters. The molecule has 0 aliphatic rings. The number of anilines is 1. The Bertz CT molecular complexity index is 1270. The van der Waals surface area contributed by atoms with E-state index < -0.39 is 21.2 Å². The molecule has 0 fully saturated rings. The number of hydrogen-bond acceptors (Lipinski definition) is 8. The van der Waals surface area contributed by atoms with Crippen LogP contribution < -0.4 is 21.8 Å². The van der Waals surface area contributed by atoms with Gasteiger partial charge in [-0.15, -0.1) is 0 Å². The maximum absolute atomic E-state index is 11.3. The zero-order valence-corrected chi connectivity index (χ0v) is 16.0. The van der Waals surface area contributed by atoms with Gasteiger partial charge in [0.15, 0.2) is 10.9 Å². The molecule has 2 aromatic carbocycles. The number of para-hydroxylation sites is 1. The Morgan fingerprint density at radius 2 is 1.87 bits per heavy atom. The Morgan fingerprint density at radius 1 is 1.13 bits per heavy atom. The molecule has 30 heavy (non-hydrogen) atoms. The fourth-order valence-corrected chi connectivity index (χ4v) is 2.63. The molecule has 12 heteroatoms. The topological polar surface area (TPSA) is 162 Å². The number of fused-ring (bicyclic) bond motifs is 1. The molecule has 3 aromatic rings. The van der Waals surface area contributed by atoms with Crippen molar-refractivity contribution >= 4 is 51.1 Å². The molecular formula is C18H14N6O5S. The molecule has 11 nitrogen and oxygen atoms in total. The van der Waals surface area contributed by atoms with Crippen molar-refractivity contribution < 1.29 is 14.3 Å². The lowest BCUT2D eigenvalue weighted by molar-refractivity contribution is -0.393. The van der Waals surface area contributed by atoms with Crippen LogP contribution in [-0.2, 0) is 0 Å². The number of nitro benzene ring substituents is 2. The summed E-state index contributed by atoms with van der Waals surface area (Å²) in [6.07, 6.45) is 0. The minimum Gasteiger partial charge on any atom is -0.454 e. The first-order chi connectivity index (χ1) is 14.3. The van der Waals surface area contributed by atoms with Crippen LogP contribution in [0.5, 0.6) is 0 Å². The quantitative estimate of drug-likeness (QED) is 0.305. The van der Waals surface area contributed by atoms with Crippen molar-refractivity contribution in [3.05, 3.63) is 86.5 Å². The van der Waals surface area contributed by atoms with E-state index in [9.17, 15) is 20.2 Å². The fraction of sp³-hybridized carbons (Fsp3) is 0. The van der Waals surface area contributed by atoms with E-state index in [0.717, 1.165) is 12.1 Å². The van der Waals surface area contributed by atoms with E-state index in [2.05, 4.69) is 22.4 Å². The average molecular weight is 426 g/mol. The number of benzene rings is 2. The Balaban J connectivity index is 2.04. The molecule has 152 valence electrons. The molecule has 4 N–H and O–H groups in total. The number of nitrogens with one attached hydrogen (secondary N) is 2. The van der Waals surface area contributed by atoms with Crippen LogP contribution in [0, 0.1) is 20.2 Å². The summed E-state index contributed by atoms with van der Waals surface area (Å²) in [6, 6.07) is 11.8. The molecule has 0 atom stereocenters. The summed E-state index contributed by atoms with van der Waals surface area (Å²) in [7, 11) is 0. The highest BCUT2D eigenvalue weighted by Crippen LogP contribution is 2.31. The standard InChI is InChI=1S/C18H14N6O5S/c1-10(20-13-7-6-11(23(25)26)8-15(13)24(27)28)17-9-14(21-22-18(19)30)12-4-2-3-5-16(12)29-17/h2-9,20H,1H2,(H3,19,22,30)/b21-14+. The predicted octanol–water partition coefficient (Wildman–Crippen LogP) is 2.98. The van der Waals surface area contributed by atoms with Gasteiger partial charge in [0.05, 0.1) is 27.0 Å². The first-order valence-corrected chi connectivity index (χ1v) is 8.68. The highest BCUT2D eigenvalue weighted by Gasteiger charge is 2.20. The summed E-state index contributed by atoms with van der Waals surface area (Å²) in [4.78, 5) is 20.8. The van der Waals surface area contributed by atoms with Crippen LogP contribution >= 0.6 is 12.2 Å². The Kier molecular flexibility index (Phi) is 5.69. The molecule has 0 bridgehead atoms. The summed E-state index contributed by atoms with van der Waals surface area (Å²) in [5.74, 6) is 0.227. The third-order valence-corrected chi connectivity index (χ3v) is 4.00. The van der Waals surface area contributed by atoms with Crippen molar-refractivity contribution in [3.8, 4) is 0 Å². The minimum absolute atomic E-state index is 0.0127. The summed E-state index contributed by atoms with van der Waals surface area (Å²) < 4.78 is 5.81. The van der Waals surface area contributed by atoms with Crippen LogP contribution in [-0.4, -0.2) is 15.0 Å². The van der Waals surface area contributed by atoms with Crippen molar-refractivity contribution in [2.45, 2.75) is 0 Å². The lowest BCUT2D eigenvalue weighted by atomic mass is 10.2. The number of non-ortho nitro benzene ring substituents is 1. The highest BCUT2D eigenvalue weighted by atomic mass is 32.1. The second-order valence-electron chi connectivity index (χ2n) is 5.90. The van der Waals surface area contributed by atoms with Gasteiger partial charge in [0.25, 0.3) is 11.4 Å². The number of nitro groups is 2. The third-order valence-electron chi connectivity index (χ3n) is 3.91. The molecule has 1 aromatic heterocycles. The van der Waals surface area contributed by atoms with Gasteiger partial charge in [-0.05, 0) is 30.4 Å². The van der Waals surface area contributed by atoms with Crippen molar-refractivity contribution in [1.82, 2.24) is 5.43 Å². The zero-order chi connectivity index (χ0) is 21.8. The van der Waals surface area contributed by atoms with E-state index >= 15 is 0 Å². The molecule has 0 radical (unpaired) electrons.